The molecular formula is C24H23NO6S. The highest BCUT2D eigenvalue weighted by molar-refractivity contribution is 8.18. The van der Waals surface area contributed by atoms with Crippen molar-refractivity contribution in [3.05, 3.63) is 75.4 Å². The zero-order chi connectivity index (χ0) is 23.3. The first-order valence-corrected chi connectivity index (χ1v) is 10.6. The predicted molar refractivity (Wildman–Crippen MR) is 124 cm³/mol. The van der Waals surface area contributed by atoms with Gasteiger partial charge in [-0.25, -0.2) is 9.79 Å². The number of nitrogens with zero attached hydrogens (tertiary/aromatic N) is 1. The molecule has 0 atom stereocenters. The molecule has 1 heterocycles. The number of rotatable bonds is 6. The molecule has 0 aromatic heterocycles. The van der Waals surface area contributed by atoms with E-state index < -0.39 is 11.9 Å². The third kappa shape index (κ3) is 5.03. The number of hydrogen-bond donors (Lipinski definition) is 1. The fourth-order valence-corrected chi connectivity index (χ4v) is 3.94. The number of carbonyl (C=O) groups excluding carboxylic acids is 2. The molecule has 0 radical (unpaired) electrons. The summed E-state index contributed by atoms with van der Waals surface area (Å²) in [6.07, 6.45) is 1.64. The number of aliphatic imine (C=N–C) groups is 1. The van der Waals surface area contributed by atoms with Crippen molar-refractivity contribution in [2.45, 2.75) is 13.8 Å². The summed E-state index contributed by atoms with van der Waals surface area (Å²) in [6, 6.07) is 12.1. The monoisotopic (exact) mass is 453 g/mol. The first-order valence-electron chi connectivity index (χ1n) is 9.80. The van der Waals surface area contributed by atoms with Gasteiger partial charge in [-0.2, -0.15) is 0 Å². The number of esters is 1. The van der Waals surface area contributed by atoms with Gasteiger partial charge < -0.3 is 19.3 Å². The summed E-state index contributed by atoms with van der Waals surface area (Å²) in [6.45, 7) is 3.68. The van der Waals surface area contributed by atoms with Crippen molar-refractivity contribution in [1.82, 2.24) is 0 Å². The van der Waals surface area contributed by atoms with E-state index in [0.29, 0.717) is 27.5 Å². The minimum Gasteiger partial charge on any atom is -0.506 e. The maximum Gasteiger partial charge on any atom is 0.344 e. The Labute approximate surface area is 190 Å². The van der Waals surface area contributed by atoms with Gasteiger partial charge in [0.15, 0.2) is 0 Å². The van der Waals surface area contributed by atoms with Crippen LogP contribution >= 0.6 is 11.8 Å². The number of benzene rings is 2. The summed E-state index contributed by atoms with van der Waals surface area (Å²) in [4.78, 5) is 29.6. The summed E-state index contributed by atoms with van der Waals surface area (Å²) < 4.78 is 15.7. The Morgan fingerprint density at radius 3 is 2.44 bits per heavy atom. The molecule has 3 rings (SSSR count). The Hall–Kier alpha value is -3.52. The zero-order valence-electron chi connectivity index (χ0n) is 18.2. The van der Waals surface area contributed by atoms with E-state index in [4.69, 9.17) is 14.2 Å². The van der Waals surface area contributed by atoms with Crippen LogP contribution in [0.2, 0.25) is 0 Å². The van der Waals surface area contributed by atoms with Crippen molar-refractivity contribution in [1.29, 1.82) is 0 Å². The average molecular weight is 454 g/mol. The molecule has 1 amide bonds. The SMILES string of the molecule is CCOC(=O)C1=C(O)/C(=C/c2cc(OC)ccc2OC)SC1=NC(=O)c1ccc(C)cc1. The Morgan fingerprint density at radius 1 is 1.09 bits per heavy atom. The van der Waals surface area contributed by atoms with Gasteiger partial charge in [-0.3, -0.25) is 4.79 Å². The van der Waals surface area contributed by atoms with Gasteiger partial charge >= 0.3 is 5.97 Å². The molecule has 2 aromatic rings. The molecule has 0 bridgehead atoms. The van der Waals surface area contributed by atoms with Crippen LogP contribution in [0, 0.1) is 6.92 Å². The maximum atomic E-state index is 12.7. The van der Waals surface area contributed by atoms with Crippen LogP contribution in [0.1, 0.15) is 28.4 Å². The highest BCUT2D eigenvalue weighted by Gasteiger charge is 2.34. The predicted octanol–water partition coefficient (Wildman–Crippen LogP) is 4.71. The van der Waals surface area contributed by atoms with Gasteiger partial charge in [-0.1, -0.05) is 29.5 Å². The van der Waals surface area contributed by atoms with Crippen LogP contribution in [-0.4, -0.2) is 42.9 Å². The molecule has 1 aliphatic rings. The van der Waals surface area contributed by atoms with E-state index >= 15 is 0 Å². The molecule has 0 saturated carbocycles. The summed E-state index contributed by atoms with van der Waals surface area (Å²) in [5.74, 6) is -0.450. The molecule has 166 valence electrons. The summed E-state index contributed by atoms with van der Waals surface area (Å²) in [5, 5.41) is 10.9. The second-order valence-electron chi connectivity index (χ2n) is 6.75. The largest absolute Gasteiger partial charge is 0.506 e. The van der Waals surface area contributed by atoms with Crippen molar-refractivity contribution >= 4 is 34.8 Å². The smallest absolute Gasteiger partial charge is 0.344 e. The molecular weight excluding hydrogens is 430 g/mol. The van der Waals surface area contributed by atoms with Crippen molar-refractivity contribution < 1.29 is 28.9 Å². The van der Waals surface area contributed by atoms with Crippen LogP contribution in [0.3, 0.4) is 0 Å². The third-order valence-corrected chi connectivity index (χ3v) is 5.62. The lowest BCUT2D eigenvalue weighted by molar-refractivity contribution is -0.138. The Bertz CT molecular complexity index is 1130. The van der Waals surface area contributed by atoms with Gasteiger partial charge in [0.05, 0.1) is 25.7 Å². The second kappa shape index (κ2) is 10.2. The highest BCUT2D eigenvalue weighted by atomic mass is 32.2. The lowest BCUT2D eigenvalue weighted by Gasteiger charge is -2.08. The Kier molecular flexibility index (Phi) is 7.37. The minimum atomic E-state index is -0.756. The Morgan fingerprint density at radius 2 is 1.81 bits per heavy atom. The molecule has 0 aliphatic carbocycles. The van der Waals surface area contributed by atoms with Crippen LogP contribution in [-0.2, 0) is 9.53 Å². The fraction of sp³-hybridized carbons (Fsp3) is 0.208. The number of aryl methyl sites for hydroxylation is 1. The summed E-state index contributed by atoms with van der Waals surface area (Å²) in [5.41, 5.74) is 1.85. The van der Waals surface area contributed by atoms with Gasteiger partial charge in [-0.15, -0.1) is 0 Å². The van der Waals surface area contributed by atoms with Crippen molar-refractivity contribution in [2.24, 2.45) is 4.99 Å². The van der Waals surface area contributed by atoms with Gasteiger partial charge in [0.25, 0.3) is 5.91 Å². The molecule has 8 heteroatoms. The average Bonchev–Trinajstić information content (AvgIpc) is 3.08. The number of methoxy groups -OCH3 is 2. The maximum absolute atomic E-state index is 12.7. The van der Waals surface area contributed by atoms with E-state index in [1.165, 1.54) is 7.11 Å². The van der Waals surface area contributed by atoms with E-state index in [-0.39, 0.29) is 23.0 Å². The summed E-state index contributed by atoms with van der Waals surface area (Å²) in [7, 11) is 3.07. The molecule has 0 spiro atoms. The van der Waals surface area contributed by atoms with Crippen LogP contribution < -0.4 is 9.47 Å². The third-order valence-electron chi connectivity index (χ3n) is 4.60. The van der Waals surface area contributed by atoms with Crippen LogP contribution in [0.5, 0.6) is 11.5 Å². The summed E-state index contributed by atoms with van der Waals surface area (Å²) >= 11 is 1.00. The molecule has 0 unspecified atom stereocenters. The molecule has 2 aromatic carbocycles. The van der Waals surface area contributed by atoms with Crippen LogP contribution in [0.4, 0.5) is 0 Å². The number of aliphatic hydroxyl groups excluding tert-OH is 1. The number of ether oxygens (including phenoxy) is 3. The number of amides is 1. The molecule has 0 fully saturated rings. The van der Waals surface area contributed by atoms with Gasteiger partial charge in [0.2, 0.25) is 0 Å². The number of aliphatic hydroxyl groups is 1. The van der Waals surface area contributed by atoms with Gasteiger partial charge in [0.1, 0.15) is 27.9 Å². The van der Waals surface area contributed by atoms with Crippen molar-refractivity contribution in [2.75, 3.05) is 20.8 Å². The molecule has 32 heavy (non-hydrogen) atoms. The fourth-order valence-electron chi connectivity index (χ4n) is 2.94. The number of hydrogen-bond acceptors (Lipinski definition) is 7. The van der Waals surface area contributed by atoms with E-state index in [9.17, 15) is 14.7 Å². The van der Waals surface area contributed by atoms with Gasteiger partial charge in [0, 0.05) is 11.1 Å². The molecule has 1 aliphatic heterocycles. The number of carbonyl (C=O) groups is 2. The van der Waals surface area contributed by atoms with Crippen molar-refractivity contribution in [3.8, 4) is 11.5 Å². The quantitative estimate of drug-likeness (QED) is 0.633. The minimum absolute atomic E-state index is 0.0691. The highest BCUT2D eigenvalue weighted by Crippen LogP contribution is 2.40. The molecule has 1 N–H and O–H groups in total. The molecule has 0 saturated heterocycles. The van der Waals surface area contributed by atoms with Crippen LogP contribution in [0.15, 0.2) is 63.7 Å². The van der Waals surface area contributed by atoms with E-state index in [0.717, 1.165) is 17.3 Å². The van der Waals surface area contributed by atoms with Crippen molar-refractivity contribution in [3.63, 3.8) is 0 Å². The standard InChI is InChI=1S/C24H23NO6S/c1-5-31-24(28)20-21(26)19(13-16-12-17(29-3)10-11-18(16)30-4)32-23(20)25-22(27)15-8-6-14(2)7-9-15/h6-13,26H,5H2,1-4H3/b19-13-,25-23?. The van der Waals surface area contributed by atoms with Gasteiger partial charge in [-0.05, 0) is 50.3 Å². The van der Waals surface area contributed by atoms with E-state index in [1.807, 2.05) is 6.92 Å². The van der Waals surface area contributed by atoms with Crippen LogP contribution in [0.25, 0.3) is 6.08 Å². The lowest BCUT2D eigenvalue weighted by atomic mass is 10.1. The van der Waals surface area contributed by atoms with E-state index in [2.05, 4.69) is 4.99 Å². The second-order valence-corrected chi connectivity index (χ2v) is 7.78. The topological polar surface area (TPSA) is 94.4 Å². The molecule has 7 nitrogen and oxygen atoms in total. The first kappa shape index (κ1) is 23.1. The lowest BCUT2D eigenvalue weighted by Crippen LogP contribution is -2.14. The first-order chi connectivity index (χ1) is 15.4. The Balaban J connectivity index is 2.05. The van der Waals surface area contributed by atoms with E-state index in [1.54, 1.807) is 62.6 Å². The number of thioether (sulfide) groups is 1. The zero-order valence-corrected chi connectivity index (χ0v) is 19.0. The normalized spacial score (nSPS) is 15.9.